The van der Waals surface area contributed by atoms with Gasteiger partial charge in [-0.15, -0.1) is 0 Å². The first-order chi connectivity index (χ1) is 14.9. The van der Waals surface area contributed by atoms with E-state index in [9.17, 15) is 25.0 Å². The lowest BCUT2D eigenvalue weighted by Crippen LogP contribution is -2.25. The second-order valence-corrected chi connectivity index (χ2v) is 6.45. The molecule has 0 saturated carbocycles. The third-order valence-corrected chi connectivity index (χ3v) is 4.08. The molecule has 0 saturated heterocycles. The number of unbranched alkanes of at least 4 members (excludes halogenated alkanes) is 1. The quantitative estimate of drug-likeness (QED) is 0.124. The van der Waals surface area contributed by atoms with E-state index in [1.54, 1.807) is 18.2 Å². The van der Waals surface area contributed by atoms with E-state index in [2.05, 4.69) is 5.32 Å². The first-order valence-electron chi connectivity index (χ1n) is 9.57. The van der Waals surface area contributed by atoms with Crippen LogP contribution in [0, 0.1) is 21.4 Å². The van der Waals surface area contributed by atoms with E-state index in [1.165, 1.54) is 48.6 Å². The van der Waals surface area contributed by atoms with Gasteiger partial charge in [0.25, 0.3) is 11.6 Å². The molecule has 2 aromatic carbocycles. The number of nitriles is 1. The van der Waals surface area contributed by atoms with Gasteiger partial charge in [-0.1, -0.05) is 37.6 Å². The summed E-state index contributed by atoms with van der Waals surface area (Å²) in [6, 6.07) is 14.0. The van der Waals surface area contributed by atoms with Crippen molar-refractivity contribution in [3.8, 4) is 11.8 Å². The van der Waals surface area contributed by atoms with Gasteiger partial charge in [0.05, 0.1) is 4.92 Å². The van der Waals surface area contributed by atoms with Crippen molar-refractivity contribution in [2.75, 3.05) is 6.54 Å². The van der Waals surface area contributed by atoms with Crippen molar-refractivity contribution in [1.82, 2.24) is 5.32 Å². The van der Waals surface area contributed by atoms with Crippen molar-refractivity contribution in [3.05, 3.63) is 81.4 Å². The van der Waals surface area contributed by atoms with Crippen molar-refractivity contribution in [3.63, 3.8) is 0 Å². The van der Waals surface area contributed by atoms with Crippen molar-refractivity contribution < 1.29 is 19.2 Å². The van der Waals surface area contributed by atoms with E-state index in [0.29, 0.717) is 17.7 Å². The minimum absolute atomic E-state index is 0.0132. The summed E-state index contributed by atoms with van der Waals surface area (Å²) in [6.07, 6.45) is 5.81. The third-order valence-electron chi connectivity index (χ3n) is 4.08. The number of benzene rings is 2. The number of carbonyl (C=O) groups is 2. The van der Waals surface area contributed by atoms with E-state index >= 15 is 0 Å². The van der Waals surface area contributed by atoms with Gasteiger partial charge in [-0.2, -0.15) is 5.26 Å². The molecule has 0 spiro atoms. The Hall–Kier alpha value is -4.25. The molecule has 158 valence electrons. The van der Waals surface area contributed by atoms with Gasteiger partial charge in [0.1, 0.15) is 17.4 Å². The summed E-state index contributed by atoms with van der Waals surface area (Å²) in [4.78, 5) is 34.2. The van der Waals surface area contributed by atoms with Gasteiger partial charge in [0, 0.05) is 24.8 Å². The van der Waals surface area contributed by atoms with Crippen molar-refractivity contribution in [2.45, 2.75) is 19.8 Å². The van der Waals surface area contributed by atoms with Gasteiger partial charge in [0.15, 0.2) is 0 Å². The normalized spacial score (nSPS) is 11.0. The molecule has 0 radical (unpaired) electrons. The lowest BCUT2D eigenvalue weighted by atomic mass is 10.1. The van der Waals surface area contributed by atoms with Gasteiger partial charge < -0.3 is 10.1 Å². The number of ether oxygens (including phenoxy) is 1. The highest BCUT2D eigenvalue weighted by atomic mass is 16.6. The fourth-order valence-corrected chi connectivity index (χ4v) is 2.48. The number of carbonyl (C=O) groups excluding carboxylic acids is 2. The summed E-state index contributed by atoms with van der Waals surface area (Å²) in [5, 5.41) is 22.7. The number of amides is 1. The average Bonchev–Trinajstić information content (AvgIpc) is 2.77. The van der Waals surface area contributed by atoms with E-state index in [4.69, 9.17) is 4.74 Å². The van der Waals surface area contributed by atoms with Crippen LogP contribution in [0.5, 0.6) is 5.75 Å². The number of esters is 1. The predicted molar refractivity (Wildman–Crippen MR) is 116 cm³/mol. The zero-order valence-corrected chi connectivity index (χ0v) is 16.9. The average molecular weight is 419 g/mol. The lowest BCUT2D eigenvalue weighted by Gasteiger charge is -2.04. The maximum absolute atomic E-state index is 12.0. The lowest BCUT2D eigenvalue weighted by molar-refractivity contribution is -0.384. The van der Waals surface area contributed by atoms with Crippen LogP contribution >= 0.6 is 0 Å². The Morgan fingerprint density at radius 1 is 1.19 bits per heavy atom. The topological polar surface area (TPSA) is 122 Å². The highest BCUT2D eigenvalue weighted by Gasteiger charge is 2.09. The van der Waals surface area contributed by atoms with E-state index in [-0.39, 0.29) is 17.0 Å². The van der Waals surface area contributed by atoms with Crippen LogP contribution in [0.15, 0.2) is 60.2 Å². The molecule has 2 rings (SSSR count). The van der Waals surface area contributed by atoms with E-state index in [0.717, 1.165) is 12.8 Å². The molecule has 0 aromatic heterocycles. The van der Waals surface area contributed by atoms with E-state index in [1.807, 2.05) is 13.0 Å². The Bertz CT molecular complexity index is 1050. The van der Waals surface area contributed by atoms with Crippen LogP contribution in [-0.4, -0.2) is 23.3 Å². The zero-order valence-electron chi connectivity index (χ0n) is 16.9. The maximum Gasteiger partial charge on any atom is 0.336 e. The molecule has 1 amide bonds. The fraction of sp³-hybridized carbons (Fsp3) is 0.174. The van der Waals surface area contributed by atoms with Crippen LogP contribution in [-0.2, 0) is 9.59 Å². The van der Waals surface area contributed by atoms with Crippen LogP contribution in [0.2, 0.25) is 0 Å². The van der Waals surface area contributed by atoms with Crippen molar-refractivity contribution in [1.29, 1.82) is 5.26 Å². The Balaban J connectivity index is 1.99. The predicted octanol–water partition coefficient (Wildman–Crippen LogP) is 4.04. The summed E-state index contributed by atoms with van der Waals surface area (Å²) in [5.41, 5.74) is 1.01. The summed E-state index contributed by atoms with van der Waals surface area (Å²) < 4.78 is 5.19. The minimum Gasteiger partial charge on any atom is -0.423 e. The number of nitro groups is 1. The molecular formula is C23H21N3O5. The van der Waals surface area contributed by atoms with Gasteiger partial charge in [0.2, 0.25) is 0 Å². The Labute approximate surface area is 179 Å². The number of nitrogens with one attached hydrogen (secondary N) is 1. The molecule has 0 aliphatic heterocycles. The van der Waals surface area contributed by atoms with Crippen molar-refractivity contribution in [2.24, 2.45) is 0 Å². The second kappa shape index (κ2) is 11.7. The Morgan fingerprint density at radius 3 is 2.58 bits per heavy atom. The monoisotopic (exact) mass is 419 g/mol. The van der Waals surface area contributed by atoms with Crippen LogP contribution in [0.3, 0.4) is 0 Å². The molecule has 0 atom stereocenters. The smallest absolute Gasteiger partial charge is 0.336 e. The summed E-state index contributed by atoms with van der Waals surface area (Å²) in [5.74, 6) is -0.808. The van der Waals surface area contributed by atoms with Gasteiger partial charge in [-0.3, -0.25) is 14.9 Å². The fourth-order valence-electron chi connectivity index (χ4n) is 2.48. The molecule has 0 aliphatic rings. The van der Waals surface area contributed by atoms with Gasteiger partial charge in [-0.05, 0) is 41.8 Å². The third kappa shape index (κ3) is 7.59. The Kier molecular flexibility index (Phi) is 8.68. The molecule has 0 fully saturated rings. The maximum atomic E-state index is 12.0. The highest BCUT2D eigenvalue weighted by Crippen LogP contribution is 2.16. The molecule has 1 N–H and O–H groups in total. The SMILES string of the molecule is CCCCNC(=O)/C(C#N)=C/c1ccc(OC(=O)/C=C/c2cccc([N+](=O)[O-])c2)cc1. The molecule has 31 heavy (non-hydrogen) atoms. The van der Waals surface area contributed by atoms with Gasteiger partial charge >= 0.3 is 5.97 Å². The van der Waals surface area contributed by atoms with Crippen LogP contribution in [0.4, 0.5) is 5.69 Å². The van der Waals surface area contributed by atoms with E-state index < -0.39 is 16.8 Å². The molecule has 8 heteroatoms. The van der Waals surface area contributed by atoms with Crippen LogP contribution < -0.4 is 10.1 Å². The summed E-state index contributed by atoms with van der Waals surface area (Å²) in [7, 11) is 0. The summed E-state index contributed by atoms with van der Waals surface area (Å²) in [6.45, 7) is 2.51. The number of nitro benzene ring substituents is 1. The highest BCUT2D eigenvalue weighted by molar-refractivity contribution is 6.01. The van der Waals surface area contributed by atoms with Gasteiger partial charge in [-0.25, -0.2) is 4.79 Å². The zero-order chi connectivity index (χ0) is 22.6. The number of non-ortho nitro benzene ring substituents is 1. The molecule has 2 aromatic rings. The summed E-state index contributed by atoms with van der Waals surface area (Å²) >= 11 is 0. The van der Waals surface area contributed by atoms with Crippen molar-refractivity contribution >= 4 is 29.7 Å². The first-order valence-corrected chi connectivity index (χ1v) is 9.57. The minimum atomic E-state index is -0.650. The van der Waals surface area contributed by atoms with Crippen LogP contribution in [0.25, 0.3) is 12.2 Å². The molecule has 8 nitrogen and oxygen atoms in total. The molecule has 0 heterocycles. The molecule has 0 unspecified atom stereocenters. The second-order valence-electron chi connectivity index (χ2n) is 6.45. The first kappa shape index (κ1) is 23.0. The molecular weight excluding hydrogens is 398 g/mol. The standard InChI is InChI=1S/C23H21N3O5/c1-2-3-13-25-23(28)19(16-24)14-18-7-10-21(11-8-18)31-22(27)12-9-17-5-4-6-20(15-17)26(29)30/h4-12,14-15H,2-3,13H2,1H3,(H,25,28)/b12-9+,19-14+. The number of hydrogen-bond acceptors (Lipinski definition) is 6. The number of rotatable bonds is 9. The molecule has 0 aliphatic carbocycles. The number of hydrogen-bond donors (Lipinski definition) is 1. The Morgan fingerprint density at radius 2 is 1.94 bits per heavy atom. The van der Waals surface area contributed by atoms with Crippen LogP contribution in [0.1, 0.15) is 30.9 Å². The molecule has 0 bridgehead atoms. The number of nitrogens with zero attached hydrogens (tertiary/aromatic N) is 2. The largest absolute Gasteiger partial charge is 0.423 e.